The van der Waals surface area contributed by atoms with Crippen LogP contribution < -0.4 is 10.9 Å². The molecule has 0 saturated heterocycles. The van der Waals surface area contributed by atoms with Gasteiger partial charge < -0.3 is 10.3 Å². The van der Waals surface area contributed by atoms with Crippen molar-refractivity contribution in [3.63, 3.8) is 0 Å². The van der Waals surface area contributed by atoms with Gasteiger partial charge in [0, 0.05) is 52.4 Å². The summed E-state index contributed by atoms with van der Waals surface area (Å²) in [6, 6.07) is 10.5. The zero-order valence-electron chi connectivity index (χ0n) is 20.2. The van der Waals surface area contributed by atoms with Gasteiger partial charge in [0.05, 0.1) is 17.4 Å². The van der Waals surface area contributed by atoms with Gasteiger partial charge in [-0.2, -0.15) is 10.2 Å². The van der Waals surface area contributed by atoms with E-state index in [0.29, 0.717) is 13.1 Å². The molecule has 174 valence electrons. The van der Waals surface area contributed by atoms with Crippen LogP contribution in [0.3, 0.4) is 0 Å². The van der Waals surface area contributed by atoms with Gasteiger partial charge in [0.15, 0.2) is 5.65 Å². The van der Waals surface area contributed by atoms with E-state index in [1.165, 1.54) is 0 Å². The van der Waals surface area contributed by atoms with Crippen molar-refractivity contribution in [2.45, 2.75) is 53.8 Å². The summed E-state index contributed by atoms with van der Waals surface area (Å²) in [6.07, 6.45) is 1.89. The maximum Gasteiger partial charge on any atom is 0.252 e. The van der Waals surface area contributed by atoms with Gasteiger partial charge in [-0.15, -0.1) is 0 Å². The largest absolute Gasteiger partial charge is 0.326 e. The average molecular weight is 456 g/mol. The number of pyridine rings is 2. The van der Waals surface area contributed by atoms with Crippen LogP contribution in [0.4, 0.5) is 0 Å². The molecule has 34 heavy (non-hydrogen) atoms. The number of aromatic amines is 2. The van der Waals surface area contributed by atoms with Gasteiger partial charge in [-0.1, -0.05) is 6.07 Å². The van der Waals surface area contributed by atoms with Gasteiger partial charge in [-0.3, -0.25) is 9.89 Å². The summed E-state index contributed by atoms with van der Waals surface area (Å²) in [5.74, 6) is 0. The van der Waals surface area contributed by atoms with Crippen molar-refractivity contribution < 1.29 is 0 Å². The van der Waals surface area contributed by atoms with Crippen LogP contribution in [0, 0.1) is 20.8 Å². The first kappa shape index (κ1) is 22.0. The lowest BCUT2D eigenvalue weighted by Gasteiger charge is -2.12. The first-order valence-corrected chi connectivity index (χ1v) is 11.5. The fourth-order valence-electron chi connectivity index (χ4n) is 4.48. The number of benzene rings is 1. The smallest absolute Gasteiger partial charge is 0.252 e. The SMILES string of the molecule is Cc1cc(C)c(CNCc2cc(-c3ccc4n[nH]c(C)c4c3)nc3c2cnn3C(C)C)c(=O)[nH]1. The van der Waals surface area contributed by atoms with Gasteiger partial charge >= 0.3 is 0 Å². The number of hydrogen-bond acceptors (Lipinski definition) is 5. The van der Waals surface area contributed by atoms with E-state index in [1.807, 2.05) is 43.8 Å². The van der Waals surface area contributed by atoms with Crippen molar-refractivity contribution in [2.24, 2.45) is 0 Å². The number of H-pyrrole nitrogens is 2. The van der Waals surface area contributed by atoms with Crippen molar-refractivity contribution in [2.75, 3.05) is 0 Å². The van der Waals surface area contributed by atoms with Gasteiger partial charge in [-0.25, -0.2) is 9.67 Å². The zero-order valence-corrected chi connectivity index (χ0v) is 20.2. The quantitative estimate of drug-likeness (QED) is 0.351. The molecule has 0 bridgehead atoms. The van der Waals surface area contributed by atoms with Crippen molar-refractivity contribution in [1.82, 2.24) is 35.3 Å². The van der Waals surface area contributed by atoms with Crippen molar-refractivity contribution in [3.05, 3.63) is 75.0 Å². The number of aromatic nitrogens is 6. The van der Waals surface area contributed by atoms with Gasteiger partial charge in [0.25, 0.3) is 5.56 Å². The number of nitrogens with zero attached hydrogens (tertiary/aromatic N) is 4. The predicted molar refractivity (Wildman–Crippen MR) is 135 cm³/mol. The lowest BCUT2D eigenvalue weighted by atomic mass is 10.0. The highest BCUT2D eigenvalue weighted by Gasteiger charge is 2.15. The van der Waals surface area contributed by atoms with Crippen LogP contribution in [-0.4, -0.2) is 29.9 Å². The van der Waals surface area contributed by atoms with E-state index in [9.17, 15) is 4.79 Å². The molecule has 0 fully saturated rings. The first-order valence-electron chi connectivity index (χ1n) is 11.5. The number of hydrogen-bond donors (Lipinski definition) is 3. The highest BCUT2D eigenvalue weighted by atomic mass is 16.1. The molecular formula is C26H29N7O. The molecule has 8 heteroatoms. The van der Waals surface area contributed by atoms with E-state index < -0.39 is 0 Å². The van der Waals surface area contributed by atoms with E-state index in [0.717, 1.165) is 61.3 Å². The van der Waals surface area contributed by atoms with E-state index in [1.54, 1.807) is 0 Å². The molecule has 0 saturated carbocycles. The average Bonchev–Trinajstić information content (AvgIpc) is 3.39. The molecule has 0 aliphatic rings. The van der Waals surface area contributed by atoms with E-state index in [4.69, 9.17) is 4.98 Å². The molecule has 0 amide bonds. The lowest BCUT2D eigenvalue weighted by molar-refractivity contribution is 0.546. The Morgan fingerprint density at radius 2 is 1.88 bits per heavy atom. The molecule has 1 aromatic carbocycles. The number of aryl methyl sites for hydroxylation is 3. The minimum Gasteiger partial charge on any atom is -0.326 e. The Morgan fingerprint density at radius 3 is 2.65 bits per heavy atom. The summed E-state index contributed by atoms with van der Waals surface area (Å²) >= 11 is 0. The van der Waals surface area contributed by atoms with Gasteiger partial charge in [0.2, 0.25) is 0 Å². The molecule has 5 rings (SSSR count). The second-order valence-corrected chi connectivity index (χ2v) is 9.21. The minimum absolute atomic E-state index is 0.0398. The normalized spacial score (nSPS) is 11.8. The van der Waals surface area contributed by atoms with E-state index in [2.05, 4.69) is 57.6 Å². The molecule has 4 heterocycles. The third-order valence-corrected chi connectivity index (χ3v) is 6.29. The van der Waals surface area contributed by atoms with Gasteiger partial charge in [-0.05, 0) is 70.0 Å². The summed E-state index contributed by atoms with van der Waals surface area (Å²) in [7, 11) is 0. The lowest BCUT2D eigenvalue weighted by Crippen LogP contribution is -2.23. The predicted octanol–water partition coefficient (Wildman–Crippen LogP) is 4.46. The third kappa shape index (κ3) is 3.90. The molecule has 0 aliphatic carbocycles. The summed E-state index contributed by atoms with van der Waals surface area (Å²) in [5, 5.41) is 17.6. The summed E-state index contributed by atoms with van der Waals surface area (Å²) in [6.45, 7) is 11.2. The number of nitrogens with one attached hydrogen (secondary N) is 3. The molecular weight excluding hydrogens is 426 g/mol. The van der Waals surface area contributed by atoms with E-state index >= 15 is 0 Å². The van der Waals surface area contributed by atoms with Crippen molar-refractivity contribution in [1.29, 1.82) is 0 Å². The highest BCUT2D eigenvalue weighted by Crippen LogP contribution is 2.29. The maximum atomic E-state index is 12.4. The summed E-state index contributed by atoms with van der Waals surface area (Å²) in [4.78, 5) is 20.3. The van der Waals surface area contributed by atoms with Crippen LogP contribution in [0.5, 0.6) is 0 Å². The minimum atomic E-state index is -0.0398. The standard InChI is InChI=1S/C26H29N7O/c1-14(2)33-25-22(13-28-33)19(11-27-12-21-15(3)8-16(4)29-26(21)34)10-24(30-25)18-6-7-23-20(9-18)17(5)31-32-23/h6-10,13-14,27H,11-12H2,1-5H3,(H,29,34)(H,31,32). The molecule has 0 aliphatic heterocycles. The molecule has 0 unspecified atom stereocenters. The molecule has 3 N–H and O–H groups in total. The third-order valence-electron chi connectivity index (χ3n) is 6.29. The summed E-state index contributed by atoms with van der Waals surface area (Å²) < 4.78 is 1.96. The van der Waals surface area contributed by atoms with Gasteiger partial charge in [0.1, 0.15) is 0 Å². The Balaban J connectivity index is 1.54. The Hall–Kier alpha value is -3.78. The topological polar surface area (TPSA) is 104 Å². The second-order valence-electron chi connectivity index (χ2n) is 9.21. The van der Waals surface area contributed by atoms with Crippen LogP contribution in [0.2, 0.25) is 0 Å². The zero-order chi connectivity index (χ0) is 24.0. The monoisotopic (exact) mass is 455 g/mol. The van der Waals surface area contributed by atoms with Crippen LogP contribution >= 0.6 is 0 Å². The van der Waals surface area contributed by atoms with Crippen molar-refractivity contribution >= 4 is 21.9 Å². The Morgan fingerprint density at radius 1 is 1.06 bits per heavy atom. The van der Waals surface area contributed by atoms with Crippen molar-refractivity contribution in [3.8, 4) is 11.3 Å². The van der Waals surface area contributed by atoms with E-state index in [-0.39, 0.29) is 11.6 Å². The Labute approximate surface area is 197 Å². The molecule has 4 aromatic heterocycles. The van der Waals surface area contributed by atoms with Crippen LogP contribution in [0.1, 0.15) is 48.0 Å². The molecule has 5 aromatic rings. The molecule has 0 atom stereocenters. The number of rotatable bonds is 6. The fraction of sp³-hybridized carbons (Fsp3) is 0.308. The molecule has 8 nitrogen and oxygen atoms in total. The fourth-order valence-corrected chi connectivity index (χ4v) is 4.48. The molecule has 0 spiro atoms. The number of fused-ring (bicyclic) bond motifs is 2. The second kappa shape index (κ2) is 8.53. The first-order chi connectivity index (χ1) is 16.3. The maximum absolute atomic E-state index is 12.4. The van der Waals surface area contributed by atoms with Crippen LogP contribution in [0.25, 0.3) is 33.2 Å². The highest BCUT2D eigenvalue weighted by molar-refractivity contribution is 5.88. The molecule has 0 radical (unpaired) electrons. The van der Waals surface area contributed by atoms with Crippen LogP contribution in [-0.2, 0) is 13.1 Å². The Kier molecular flexibility index (Phi) is 5.53. The van der Waals surface area contributed by atoms with Crippen LogP contribution in [0.15, 0.2) is 41.3 Å². The summed E-state index contributed by atoms with van der Waals surface area (Å²) in [5.41, 5.74) is 8.43. The Bertz CT molecular complexity index is 1570.